The van der Waals surface area contributed by atoms with Gasteiger partial charge in [0.25, 0.3) is 0 Å². The van der Waals surface area contributed by atoms with Gasteiger partial charge < -0.3 is 10.1 Å². The first-order chi connectivity index (χ1) is 14.0. The molecule has 2 aromatic rings. The lowest BCUT2D eigenvalue weighted by Gasteiger charge is -2.38. The Bertz CT molecular complexity index is 773. The first-order valence-corrected chi connectivity index (χ1v) is 10.4. The van der Waals surface area contributed by atoms with Gasteiger partial charge in [-0.1, -0.05) is 49.4 Å². The highest BCUT2D eigenvalue weighted by Crippen LogP contribution is 2.34. The number of carbonyl (C=O) groups is 1. The molecule has 0 saturated carbocycles. The van der Waals surface area contributed by atoms with E-state index in [0.29, 0.717) is 26.3 Å². The van der Waals surface area contributed by atoms with Crippen molar-refractivity contribution in [3.8, 4) is 0 Å². The molecule has 1 amide bonds. The van der Waals surface area contributed by atoms with Crippen LogP contribution in [-0.4, -0.2) is 43.7 Å². The number of carbonyl (C=O) groups excluding carboxylic acids is 1. The second-order valence-corrected chi connectivity index (χ2v) is 7.83. The quantitative estimate of drug-likeness (QED) is 0.729. The van der Waals surface area contributed by atoms with Crippen LogP contribution in [0.3, 0.4) is 0 Å². The van der Waals surface area contributed by atoms with Crippen LogP contribution < -0.4 is 5.32 Å². The van der Waals surface area contributed by atoms with Crippen molar-refractivity contribution in [1.29, 1.82) is 0 Å². The number of nitrogens with zero attached hydrogens (tertiary/aromatic N) is 1. The summed E-state index contributed by atoms with van der Waals surface area (Å²) in [7, 11) is 0. The van der Waals surface area contributed by atoms with Gasteiger partial charge in [-0.15, -0.1) is 0 Å². The Labute approximate surface area is 173 Å². The van der Waals surface area contributed by atoms with Gasteiger partial charge >= 0.3 is 0 Å². The molecule has 3 rings (SSSR count). The third kappa shape index (κ3) is 5.43. The van der Waals surface area contributed by atoms with Crippen LogP contribution in [0.25, 0.3) is 0 Å². The highest BCUT2D eigenvalue weighted by Gasteiger charge is 2.34. The highest BCUT2D eigenvalue weighted by atomic mass is 19.1. The fourth-order valence-corrected chi connectivity index (χ4v) is 4.10. The molecular weight excluding hydrogens is 367 g/mol. The topological polar surface area (TPSA) is 41.6 Å². The van der Waals surface area contributed by atoms with Crippen LogP contribution in [0.4, 0.5) is 4.39 Å². The molecule has 4 nitrogen and oxygen atoms in total. The maximum absolute atomic E-state index is 13.2. The van der Waals surface area contributed by atoms with Crippen molar-refractivity contribution in [3.05, 3.63) is 71.5 Å². The van der Waals surface area contributed by atoms with Crippen LogP contribution in [0.5, 0.6) is 0 Å². The fourth-order valence-electron chi connectivity index (χ4n) is 4.10. The van der Waals surface area contributed by atoms with E-state index in [-0.39, 0.29) is 23.2 Å². The molecule has 0 aliphatic carbocycles. The summed E-state index contributed by atoms with van der Waals surface area (Å²) in [5.74, 6) is -0.230. The van der Waals surface area contributed by atoms with E-state index in [1.54, 1.807) is 12.1 Å². The largest absolute Gasteiger partial charge is 0.381 e. The third-order valence-corrected chi connectivity index (χ3v) is 6.11. The van der Waals surface area contributed by atoms with Gasteiger partial charge in [0.2, 0.25) is 5.91 Å². The number of rotatable bonds is 8. The predicted octanol–water partition coefficient (Wildman–Crippen LogP) is 4.07. The van der Waals surface area contributed by atoms with Crippen molar-refractivity contribution in [2.45, 2.75) is 38.1 Å². The zero-order valence-electron chi connectivity index (χ0n) is 17.4. The number of amides is 1. The summed E-state index contributed by atoms with van der Waals surface area (Å²) >= 11 is 0. The minimum atomic E-state index is -0.246. The lowest BCUT2D eigenvalue weighted by molar-refractivity contribution is -0.123. The Hall–Kier alpha value is -2.24. The lowest BCUT2D eigenvalue weighted by atomic mass is 9.74. The van der Waals surface area contributed by atoms with E-state index in [1.807, 2.05) is 19.9 Å². The van der Waals surface area contributed by atoms with Crippen LogP contribution in [0.1, 0.15) is 43.9 Å². The van der Waals surface area contributed by atoms with E-state index >= 15 is 0 Å². The number of hydrogen-bond acceptors (Lipinski definition) is 3. The van der Waals surface area contributed by atoms with Crippen molar-refractivity contribution < 1.29 is 13.9 Å². The second-order valence-electron chi connectivity index (χ2n) is 7.83. The molecule has 1 aliphatic heterocycles. The molecule has 2 aromatic carbocycles. The number of ether oxygens (including phenoxy) is 1. The Morgan fingerprint density at radius 1 is 1.14 bits per heavy atom. The molecule has 1 unspecified atom stereocenters. The fraction of sp³-hybridized carbons (Fsp3) is 0.458. The molecule has 156 valence electrons. The number of likely N-dealkylation sites (N-methyl/N-ethyl adjacent to an activating group) is 1. The Morgan fingerprint density at radius 2 is 1.79 bits per heavy atom. The molecular formula is C24H31FN2O2. The van der Waals surface area contributed by atoms with E-state index < -0.39 is 0 Å². The molecule has 1 aliphatic rings. The first kappa shape index (κ1) is 21.5. The summed E-state index contributed by atoms with van der Waals surface area (Å²) in [6.07, 6.45) is 1.81. The maximum atomic E-state index is 13.2. The molecule has 0 spiro atoms. The van der Waals surface area contributed by atoms with Crippen molar-refractivity contribution in [1.82, 2.24) is 10.2 Å². The third-order valence-electron chi connectivity index (χ3n) is 6.11. The van der Waals surface area contributed by atoms with Crippen LogP contribution in [0.15, 0.2) is 54.6 Å². The van der Waals surface area contributed by atoms with Crippen LogP contribution >= 0.6 is 0 Å². The Morgan fingerprint density at radius 3 is 2.41 bits per heavy atom. The van der Waals surface area contributed by atoms with E-state index in [2.05, 4.69) is 34.5 Å². The molecule has 0 radical (unpaired) electrons. The van der Waals surface area contributed by atoms with Crippen LogP contribution in [0, 0.1) is 5.82 Å². The van der Waals surface area contributed by atoms with Gasteiger partial charge in [-0.25, -0.2) is 4.39 Å². The molecule has 1 heterocycles. The van der Waals surface area contributed by atoms with E-state index in [4.69, 9.17) is 4.74 Å². The molecule has 1 fully saturated rings. The molecule has 5 heteroatoms. The van der Waals surface area contributed by atoms with Crippen LogP contribution in [0.2, 0.25) is 0 Å². The predicted molar refractivity (Wildman–Crippen MR) is 113 cm³/mol. The number of nitrogens with one attached hydrogen (secondary N) is 1. The lowest BCUT2D eigenvalue weighted by Crippen LogP contribution is -2.47. The molecule has 1 N–H and O–H groups in total. The van der Waals surface area contributed by atoms with Gasteiger partial charge in [0.15, 0.2) is 0 Å². The van der Waals surface area contributed by atoms with Crippen molar-refractivity contribution >= 4 is 5.91 Å². The average molecular weight is 399 g/mol. The van der Waals surface area contributed by atoms with Crippen molar-refractivity contribution in [2.75, 3.05) is 32.8 Å². The smallest absolute Gasteiger partial charge is 0.234 e. The summed E-state index contributed by atoms with van der Waals surface area (Å²) in [6, 6.07) is 17.0. The highest BCUT2D eigenvalue weighted by molar-refractivity contribution is 5.78. The van der Waals surface area contributed by atoms with Gasteiger partial charge in [-0.05, 0) is 49.6 Å². The van der Waals surface area contributed by atoms with Gasteiger partial charge in [-0.2, -0.15) is 0 Å². The Kier molecular flexibility index (Phi) is 7.40. The zero-order valence-corrected chi connectivity index (χ0v) is 17.4. The molecule has 0 bridgehead atoms. The summed E-state index contributed by atoms with van der Waals surface area (Å²) in [4.78, 5) is 14.9. The summed E-state index contributed by atoms with van der Waals surface area (Å²) in [6.45, 7) is 7.19. The average Bonchev–Trinajstić information content (AvgIpc) is 2.77. The van der Waals surface area contributed by atoms with Gasteiger partial charge in [0.05, 0.1) is 6.54 Å². The number of halogens is 1. The van der Waals surface area contributed by atoms with Crippen molar-refractivity contribution in [3.63, 3.8) is 0 Å². The summed E-state index contributed by atoms with van der Waals surface area (Å²) in [5.41, 5.74) is 2.19. The second kappa shape index (κ2) is 9.99. The number of benzene rings is 2. The summed E-state index contributed by atoms with van der Waals surface area (Å²) in [5, 5.41) is 3.18. The van der Waals surface area contributed by atoms with Gasteiger partial charge in [0, 0.05) is 31.2 Å². The first-order valence-electron chi connectivity index (χ1n) is 10.4. The molecule has 1 atom stereocenters. The van der Waals surface area contributed by atoms with Gasteiger partial charge in [-0.3, -0.25) is 9.69 Å². The minimum absolute atomic E-state index is 0.0163. The van der Waals surface area contributed by atoms with Crippen LogP contribution in [-0.2, 0) is 14.9 Å². The van der Waals surface area contributed by atoms with E-state index in [9.17, 15) is 9.18 Å². The van der Waals surface area contributed by atoms with Gasteiger partial charge in [0.1, 0.15) is 5.82 Å². The molecule has 1 saturated heterocycles. The normalized spacial score (nSPS) is 17.1. The standard InChI is InChI=1S/C24H31FN2O2/c1-3-27(19(2)20-9-11-22(25)12-10-20)17-23(28)26-18-24(13-15-29-16-14-24)21-7-5-4-6-8-21/h4-12,19H,3,13-18H2,1-2H3,(H,26,28). The zero-order chi connectivity index (χ0) is 20.7. The summed E-state index contributed by atoms with van der Waals surface area (Å²) < 4.78 is 18.8. The molecule has 0 aromatic heterocycles. The van der Waals surface area contributed by atoms with Crippen molar-refractivity contribution in [2.24, 2.45) is 0 Å². The minimum Gasteiger partial charge on any atom is -0.381 e. The maximum Gasteiger partial charge on any atom is 0.234 e. The Balaban J connectivity index is 1.63. The van der Waals surface area contributed by atoms with E-state index in [1.165, 1.54) is 17.7 Å². The number of hydrogen-bond donors (Lipinski definition) is 1. The SMILES string of the molecule is CCN(CC(=O)NCC1(c2ccccc2)CCOCC1)C(C)c1ccc(F)cc1. The molecule has 29 heavy (non-hydrogen) atoms. The van der Waals surface area contributed by atoms with E-state index in [0.717, 1.165) is 24.9 Å². The monoisotopic (exact) mass is 398 g/mol.